The Morgan fingerprint density at radius 2 is 2.29 bits per heavy atom. The quantitative estimate of drug-likeness (QED) is 0.385. The Bertz CT molecular complexity index is 48.1. The fraction of sp³-hybridized carbons (Fsp3) is 0.667. The third-order valence-electron chi connectivity index (χ3n) is 0.842. The summed E-state index contributed by atoms with van der Waals surface area (Å²) >= 11 is 0. The monoisotopic (exact) mass is 111 g/mol. The summed E-state index contributed by atoms with van der Waals surface area (Å²) in [4.78, 5) is 0. The summed E-state index contributed by atoms with van der Waals surface area (Å²) in [6.07, 6.45) is 5.93. The average Bonchev–Trinajstić information content (AvgIpc) is 1.69. The van der Waals surface area contributed by atoms with E-state index < -0.39 is 0 Å². The minimum Gasteiger partial charge on any atom is -0.106 e. The number of unbranched alkanes of at least 4 members (excludes halogenated alkanes) is 2. The van der Waals surface area contributed by atoms with Crippen LogP contribution in [-0.4, -0.2) is 10.2 Å². The summed E-state index contributed by atoms with van der Waals surface area (Å²) in [6, 6.07) is 0. The highest BCUT2D eigenvalue weighted by Crippen LogP contribution is 1.92. The van der Waals surface area contributed by atoms with E-state index >= 15 is 0 Å². The first-order valence-corrected chi connectivity index (χ1v) is 3.31. The molecule has 0 unspecified atom stereocenters. The summed E-state index contributed by atoms with van der Waals surface area (Å²) in [5, 5.41) is 0. The van der Waals surface area contributed by atoms with Crippen molar-refractivity contribution in [3.8, 4) is 0 Å². The van der Waals surface area contributed by atoms with Crippen molar-refractivity contribution < 1.29 is 0 Å². The maximum atomic E-state index is 3.24. The summed E-state index contributed by atoms with van der Waals surface area (Å²) in [6.45, 7) is 2.20. The highest BCUT2D eigenvalue weighted by atomic mass is 28.1. The number of rotatable bonds is 3. The molecule has 0 aromatic carbocycles. The molecule has 3 radical (unpaired) electrons. The van der Waals surface area contributed by atoms with Gasteiger partial charge >= 0.3 is 0 Å². The predicted molar refractivity (Wildman–Crippen MR) is 34.4 cm³/mol. The van der Waals surface area contributed by atoms with Gasteiger partial charge in [-0.05, 0) is 6.42 Å². The lowest BCUT2D eigenvalue weighted by molar-refractivity contribution is 0.815. The van der Waals surface area contributed by atoms with Crippen LogP contribution in [0.25, 0.3) is 0 Å². The van der Waals surface area contributed by atoms with Crippen LogP contribution in [0.4, 0.5) is 0 Å². The van der Waals surface area contributed by atoms with Crippen LogP contribution >= 0.6 is 0 Å². The number of hydrogen-bond donors (Lipinski definition) is 0. The largest absolute Gasteiger partial charge is 0.106 e. The molecule has 0 rings (SSSR count). The van der Waals surface area contributed by atoms with Gasteiger partial charge in [0.05, 0.1) is 10.2 Å². The number of hydrogen-bond acceptors (Lipinski definition) is 0. The van der Waals surface area contributed by atoms with Crippen molar-refractivity contribution in [3.63, 3.8) is 0 Å². The summed E-state index contributed by atoms with van der Waals surface area (Å²) in [5.74, 6) is 0. The molecule has 39 valence electrons. The molecule has 0 saturated carbocycles. The molecule has 0 nitrogen and oxygen atoms in total. The SMILES string of the molecule is CCCC/C=C/[Si]. The van der Waals surface area contributed by atoms with E-state index in [-0.39, 0.29) is 0 Å². The van der Waals surface area contributed by atoms with Gasteiger partial charge in [0.1, 0.15) is 0 Å². The summed E-state index contributed by atoms with van der Waals surface area (Å²) < 4.78 is 0. The van der Waals surface area contributed by atoms with Crippen LogP contribution in [0.15, 0.2) is 11.8 Å². The van der Waals surface area contributed by atoms with Crippen molar-refractivity contribution in [2.75, 3.05) is 0 Å². The third kappa shape index (κ3) is 5.96. The van der Waals surface area contributed by atoms with Gasteiger partial charge in [-0.15, -0.1) is 5.70 Å². The van der Waals surface area contributed by atoms with Gasteiger partial charge in [0.2, 0.25) is 0 Å². The van der Waals surface area contributed by atoms with Crippen LogP contribution in [0.3, 0.4) is 0 Å². The Hall–Kier alpha value is -0.0431. The zero-order valence-corrected chi connectivity index (χ0v) is 5.78. The molecular formula is C6H11Si. The molecule has 0 bridgehead atoms. The Kier molecular flexibility index (Phi) is 5.92. The Labute approximate surface area is 49.0 Å². The Morgan fingerprint density at radius 1 is 1.57 bits per heavy atom. The van der Waals surface area contributed by atoms with Gasteiger partial charge in [0.15, 0.2) is 0 Å². The summed E-state index contributed by atoms with van der Waals surface area (Å²) in [7, 11) is 3.24. The highest BCUT2D eigenvalue weighted by molar-refractivity contribution is 6.16. The molecule has 0 N–H and O–H groups in total. The topological polar surface area (TPSA) is 0 Å². The molecule has 0 atom stereocenters. The molecule has 7 heavy (non-hydrogen) atoms. The van der Waals surface area contributed by atoms with Crippen LogP contribution in [0.2, 0.25) is 0 Å². The van der Waals surface area contributed by atoms with Gasteiger partial charge in [-0.2, -0.15) is 0 Å². The molecule has 0 aliphatic rings. The lowest BCUT2D eigenvalue weighted by Gasteiger charge is -1.83. The van der Waals surface area contributed by atoms with E-state index in [2.05, 4.69) is 23.2 Å². The van der Waals surface area contributed by atoms with Crippen molar-refractivity contribution in [3.05, 3.63) is 11.8 Å². The van der Waals surface area contributed by atoms with E-state index in [0.29, 0.717) is 0 Å². The van der Waals surface area contributed by atoms with E-state index in [0.717, 1.165) is 0 Å². The van der Waals surface area contributed by atoms with Gasteiger partial charge in [-0.1, -0.05) is 25.8 Å². The normalized spacial score (nSPS) is 10.6. The van der Waals surface area contributed by atoms with Crippen LogP contribution < -0.4 is 0 Å². The van der Waals surface area contributed by atoms with Gasteiger partial charge in [0, 0.05) is 0 Å². The second-order valence-corrected chi connectivity index (χ2v) is 1.88. The fourth-order valence-corrected chi connectivity index (χ4v) is 0.572. The molecular weight excluding hydrogens is 100 g/mol. The number of allylic oxidation sites excluding steroid dienone is 1. The molecule has 0 amide bonds. The smallest absolute Gasteiger partial charge is 0.0596 e. The van der Waals surface area contributed by atoms with Crippen molar-refractivity contribution in [1.82, 2.24) is 0 Å². The van der Waals surface area contributed by atoms with Gasteiger partial charge in [-0.3, -0.25) is 0 Å². The molecule has 0 spiro atoms. The fourth-order valence-electron chi connectivity index (χ4n) is 0.405. The highest BCUT2D eigenvalue weighted by Gasteiger charge is 1.73. The van der Waals surface area contributed by atoms with Crippen molar-refractivity contribution in [1.29, 1.82) is 0 Å². The first-order chi connectivity index (χ1) is 3.41. The molecule has 0 fully saturated rings. The standard InChI is InChI=1S/C6H11Si/c1-2-3-4-5-6-7/h5-6H,2-4H2,1H3/b6-5+. The minimum atomic E-state index is 1.21. The molecule has 0 saturated heterocycles. The van der Waals surface area contributed by atoms with E-state index in [1.54, 1.807) is 0 Å². The van der Waals surface area contributed by atoms with E-state index in [1.807, 2.05) is 5.70 Å². The second-order valence-electron chi connectivity index (χ2n) is 1.54. The predicted octanol–water partition coefficient (Wildman–Crippen LogP) is 1.86. The van der Waals surface area contributed by atoms with Crippen molar-refractivity contribution >= 4 is 10.2 Å². The minimum absolute atomic E-state index is 1.21. The lowest BCUT2D eigenvalue weighted by atomic mass is 10.2. The molecule has 0 aliphatic carbocycles. The van der Waals surface area contributed by atoms with E-state index in [1.165, 1.54) is 19.3 Å². The Morgan fingerprint density at radius 3 is 2.71 bits per heavy atom. The molecule has 0 aliphatic heterocycles. The maximum Gasteiger partial charge on any atom is 0.0596 e. The Balaban J connectivity index is 2.69. The van der Waals surface area contributed by atoms with Crippen LogP contribution in [0, 0.1) is 0 Å². The van der Waals surface area contributed by atoms with Gasteiger partial charge in [-0.25, -0.2) is 0 Å². The second kappa shape index (κ2) is 5.96. The zero-order valence-electron chi connectivity index (χ0n) is 4.78. The summed E-state index contributed by atoms with van der Waals surface area (Å²) in [5.41, 5.74) is 1.91. The average molecular weight is 111 g/mol. The molecule has 0 heterocycles. The van der Waals surface area contributed by atoms with Gasteiger partial charge in [0.25, 0.3) is 0 Å². The van der Waals surface area contributed by atoms with Crippen molar-refractivity contribution in [2.24, 2.45) is 0 Å². The van der Waals surface area contributed by atoms with E-state index in [9.17, 15) is 0 Å². The lowest BCUT2D eigenvalue weighted by Crippen LogP contribution is -1.64. The van der Waals surface area contributed by atoms with Crippen LogP contribution in [0.5, 0.6) is 0 Å². The molecule has 1 heteroatoms. The van der Waals surface area contributed by atoms with Crippen molar-refractivity contribution in [2.45, 2.75) is 26.2 Å². The van der Waals surface area contributed by atoms with Crippen LogP contribution in [0.1, 0.15) is 26.2 Å². The molecule has 0 aromatic heterocycles. The molecule has 0 aromatic rings. The third-order valence-corrected chi connectivity index (χ3v) is 1.08. The van der Waals surface area contributed by atoms with E-state index in [4.69, 9.17) is 0 Å². The zero-order chi connectivity index (χ0) is 5.54. The first kappa shape index (κ1) is 6.96. The van der Waals surface area contributed by atoms with Crippen LogP contribution in [-0.2, 0) is 0 Å². The van der Waals surface area contributed by atoms with Gasteiger partial charge < -0.3 is 0 Å². The first-order valence-electron chi connectivity index (χ1n) is 2.74. The maximum absolute atomic E-state index is 3.24.